The van der Waals surface area contributed by atoms with Crippen LogP contribution in [0.4, 0.5) is 0 Å². The van der Waals surface area contributed by atoms with Crippen molar-refractivity contribution in [1.29, 1.82) is 0 Å². The second kappa shape index (κ2) is 8.35. The molecule has 25 heavy (non-hydrogen) atoms. The molecular weight excluding hydrogens is 362 g/mol. The zero-order valence-electron chi connectivity index (χ0n) is 14.1. The van der Waals surface area contributed by atoms with Crippen LogP contribution in [0.15, 0.2) is 23.1 Å². The number of ether oxygens (including phenoxy) is 2. The van der Waals surface area contributed by atoms with Crippen LogP contribution in [-0.4, -0.2) is 45.5 Å². The molecule has 1 aromatic carbocycles. The number of phenolic OH excluding ortho intramolecular Hbond substituents is 1. The Balaban J connectivity index is 2.25. The number of benzene rings is 1. The lowest BCUT2D eigenvalue weighted by atomic mass is 10.2. The van der Waals surface area contributed by atoms with E-state index in [1.807, 2.05) is 6.92 Å². The maximum atomic E-state index is 12.6. The molecule has 0 saturated carbocycles. The lowest BCUT2D eigenvalue weighted by Crippen LogP contribution is -2.42. The molecule has 1 unspecified atom stereocenters. The van der Waals surface area contributed by atoms with Gasteiger partial charge in [0.15, 0.2) is 11.5 Å². The van der Waals surface area contributed by atoms with Gasteiger partial charge in [0, 0.05) is 0 Å². The Kier molecular flexibility index (Phi) is 6.44. The average molecular weight is 381 g/mol. The minimum absolute atomic E-state index is 0.0301. The minimum Gasteiger partial charge on any atom is -0.504 e. The van der Waals surface area contributed by atoms with E-state index in [0.29, 0.717) is 27.1 Å². The van der Waals surface area contributed by atoms with E-state index in [1.165, 1.54) is 11.0 Å². The van der Waals surface area contributed by atoms with Crippen molar-refractivity contribution in [2.45, 2.75) is 26.8 Å². The standard InChI is InChI=1S/C17H19NO5S2/c1-4-22-13-8-11(6-7-12(13)19)9-14-15(20)18(17(24)25-14)10(3)16(21)23-5-2/h6-10,19H,4-5H2,1-3H3/b14-9-. The molecule has 1 aromatic rings. The summed E-state index contributed by atoms with van der Waals surface area (Å²) >= 11 is 6.36. The van der Waals surface area contributed by atoms with Gasteiger partial charge in [-0.1, -0.05) is 30.0 Å². The fraction of sp³-hybridized carbons (Fsp3) is 0.353. The number of thiocarbonyl (C=S) groups is 1. The number of amides is 1. The summed E-state index contributed by atoms with van der Waals surface area (Å²) in [6.07, 6.45) is 1.65. The van der Waals surface area contributed by atoms with Crippen molar-refractivity contribution in [3.05, 3.63) is 28.7 Å². The molecule has 1 N–H and O–H groups in total. The van der Waals surface area contributed by atoms with Gasteiger partial charge in [0.05, 0.1) is 18.1 Å². The molecule has 0 spiro atoms. The molecule has 1 atom stereocenters. The number of hydrogen-bond donors (Lipinski definition) is 1. The third kappa shape index (κ3) is 4.32. The molecule has 1 heterocycles. The van der Waals surface area contributed by atoms with Gasteiger partial charge in [-0.25, -0.2) is 4.79 Å². The van der Waals surface area contributed by atoms with E-state index < -0.39 is 12.0 Å². The van der Waals surface area contributed by atoms with Crippen molar-refractivity contribution in [1.82, 2.24) is 4.90 Å². The first-order valence-corrected chi connectivity index (χ1v) is 9.01. The van der Waals surface area contributed by atoms with Crippen molar-refractivity contribution >= 4 is 46.3 Å². The highest BCUT2D eigenvalue weighted by atomic mass is 32.2. The van der Waals surface area contributed by atoms with Crippen LogP contribution in [0, 0.1) is 0 Å². The Morgan fingerprint density at radius 3 is 2.76 bits per heavy atom. The van der Waals surface area contributed by atoms with E-state index in [0.717, 1.165) is 11.8 Å². The first kappa shape index (κ1) is 19.3. The Morgan fingerprint density at radius 1 is 1.40 bits per heavy atom. The molecule has 0 bridgehead atoms. The van der Waals surface area contributed by atoms with Crippen LogP contribution in [0.2, 0.25) is 0 Å². The number of hydrogen-bond acceptors (Lipinski definition) is 7. The number of phenols is 1. The van der Waals surface area contributed by atoms with E-state index in [4.69, 9.17) is 21.7 Å². The monoisotopic (exact) mass is 381 g/mol. The van der Waals surface area contributed by atoms with E-state index >= 15 is 0 Å². The third-order valence-corrected chi connectivity index (χ3v) is 4.75. The molecule has 2 rings (SSSR count). The molecule has 134 valence electrons. The second-order valence-corrected chi connectivity index (χ2v) is 6.82. The number of carbonyl (C=O) groups is 2. The van der Waals surface area contributed by atoms with Gasteiger partial charge in [-0.2, -0.15) is 0 Å². The lowest BCUT2D eigenvalue weighted by molar-refractivity contribution is -0.149. The average Bonchev–Trinajstić information content (AvgIpc) is 2.84. The molecule has 1 amide bonds. The van der Waals surface area contributed by atoms with E-state index in [-0.39, 0.29) is 18.3 Å². The number of nitrogens with zero attached hydrogens (tertiary/aromatic N) is 1. The highest BCUT2D eigenvalue weighted by Crippen LogP contribution is 2.35. The van der Waals surface area contributed by atoms with Gasteiger partial charge in [-0.05, 0) is 44.5 Å². The van der Waals surface area contributed by atoms with E-state index in [2.05, 4.69) is 0 Å². The van der Waals surface area contributed by atoms with Crippen LogP contribution in [0.3, 0.4) is 0 Å². The normalized spacial score (nSPS) is 17.1. The summed E-state index contributed by atoms with van der Waals surface area (Å²) in [6.45, 7) is 5.75. The van der Waals surface area contributed by atoms with Gasteiger partial charge in [0.1, 0.15) is 10.4 Å². The molecule has 8 heteroatoms. The number of carbonyl (C=O) groups excluding carboxylic acids is 2. The highest BCUT2D eigenvalue weighted by molar-refractivity contribution is 8.26. The van der Waals surface area contributed by atoms with Crippen molar-refractivity contribution in [3.63, 3.8) is 0 Å². The molecule has 1 fully saturated rings. The predicted molar refractivity (Wildman–Crippen MR) is 100 cm³/mol. The number of thioether (sulfide) groups is 1. The van der Waals surface area contributed by atoms with E-state index in [9.17, 15) is 14.7 Å². The predicted octanol–water partition coefficient (Wildman–Crippen LogP) is 2.94. The van der Waals surface area contributed by atoms with Gasteiger partial charge < -0.3 is 14.6 Å². The first-order valence-electron chi connectivity index (χ1n) is 7.78. The summed E-state index contributed by atoms with van der Waals surface area (Å²) in [5.74, 6) is -0.473. The van der Waals surface area contributed by atoms with Crippen LogP contribution < -0.4 is 4.74 Å². The lowest BCUT2D eigenvalue weighted by Gasteiger charge is -2.21. The van der Waals surface area contributed by atoms with Crippen molar-refractivity contribution in [3.8, 4) is 11.5 Å². The number of rotatable bonds is 6. The van der Waals surface area contributed by atoms with Crippen LogP contribution in [0.1, 0.15) is 26.3 Å². The Hall–Kier alpha value is -2.06. The summed E-state index contributed by atoms with van der Waals surface area (Å²) in [6, 6.07) is 4.02. The number of esters is 1. The first-order chi connectivity index (χ1) is 11.9. The maximum Gasteiger partial charge on any atom is 0.329 e. The topological polar surface area (TPSA) is 76.1 Å². The van der Waals surface area contributed by atoms with Gasteiger partial charge in [-0.3, -0.25) is 9.69 Å². The molecular formula is C17H19NO5S2. The largest absolute Gasteiger partial charge is 0.504 e. The second-order valence-electron chi connectivity index (χ2n) is 5.14. The van der Waals surface area contributed by atoms with Crippen molar-refractivity contribution < 1.29 is 24.2 Å². The van der Waals surface area contributed by atoms with E-state index in [1.54, 1.807) is 32.1 Å². The molecule has 1 aliphatic rings. The summed E-state index contributed by atoms with van der Waals surface area (Å²) < 4.78 is 10.6. The fourth-order valence-electron chi connectivity index (χ4n) is 2.22. The van der Waals surface area contributed by atoms with Crippen molar-refractivity contribution in [2.24, 2.45) is 0 Å². The molecule has 1 aliphatic heterocycles. The minimum atomic E-state index is -0.780. The van der Waals surface area contributed by atoms with Crippen molar-refractivity contribution in [2.75, 3.05) is 13.2 Å². The highest BCUT2D eigenvalue weighted by Gasteiger charge is 2.38. The summed E-state index contributed by atoms with van der Waals surface area (Å²) in [5.41, 5.74) is 0.686. The van der Waals surface area contributed by atoms with Crippen LogP contribution >= 0.6 is 24.0 Å². The Labute approximate surface area is 155 Å². The molecule has 0 aromatic heterocycles. The van der Waals surface area contributed by atoms with Crippen LogP contribution in [0.5, 0.6) is 11.5 Å². The zero-order chi connectivity index (χ0) is 18.6. The molecule has 1 saturated heterocycles. The zero-order valence-corrected chi connectivity index (χ0v) is 15.8. The smallest absolute Gasteiger partial charge is 0.329 e. The van der Waals surface area contributed by atoms with Gasteiger partial charge in [-0.15, -0.1) is 0 Å². The Morgan fingerprint density at radius 2 is 2.12 bits per heavy atom. The fourth-order valence-corrected chi connectivity index (χ4v) is 3.64. The van der Waals surface area contributed by atoms with Gasteiger partial charge in [0.2, 0.25) is 0 Å². The maximum absolute atomic E-state index is 12.6. The SMILES string of the molecule is CCOC(=O)C(C)N1C(=O)/C(=C/c2ccc(O)c(OCC)c2)SC1=S. The molecule has 0 radical (unpaired) electrons. The summed E-state index contributed by atoms with van der Waals surface area (Å²) in [4.78, 5) is 26.2. The molecule has 6 nitrogen and oxygen atoms in total. The Bertz CT molecular complexity index is 732. The summed E-state index contributed by atoms with van der Waals surface area (Å²) in [5, 5.41) is 9.75. The summed E-state index contributed by atoms with van der Waals surface area (Å²) in [7, 11) is 0. The third-order valence-electron chi connectivity index (χ3n) is 3.42. The van der Waals surface area contributed by atoms with Crippen LogP contribution in [0.25, 0.3) is 6.08 Å². The van der Waals surface area contributed by atoms with Crippen LogP contribution in [-0.2, 0) is 14.3 Å². The van der Waals surface area contributed by atoms with Gasteiger partial charge >= 0.3 is 5.97 Å². The quantitative estimate of drug-likeness (QED) is 0.461. The van der Waals surface area contributed by atoms with Gasteiger partial charge in [0.25, 0.3) is 5.91 Å². The number of aromatic hydroxyl groups is 1. The molecule has 0 aliphatic carbocycles.